The molecule has 1 heterocycles. The SMILES string of the molecule is CCN(CC)CCOc1ccc(CCC(Cc2cc3cc(C)ccc3oc2=O)C(=O)NO)cc1. The van der Waals surface area contributed by atoms with Crippen LogP contribution < -0.4 is 15.8 Å². The van der Waals surface area contributed by atoms with Crippen LogP contribution in [0.15, 0.2) is 57.7 Å². The minimum Gasteiger partial charge on any atom is -0.492 e. The number of likely N-dealkylation sites (N-methyl/N-ethyl adjacent to an activating group) is 1. The predicted molar refractivity (Wildman–Crippen MR) is 132 cm³/mol. The number of rotatable bonds is 12. The van der Waals surface area contributed by atoms with Crippen molar-refractivity contribution in [3.8, 4) is 5.75 Å². The fourth-order valence-electron chi connectivity index (χ4n) is 4.04. The average molecular weight is 467 g/mol. The van der Waals surface area contributed by atoms with E-state index in [0.29, 0.717) is 30.6 Å². The van der Waals surface area contributed by atoms with Crippen LogP contribution in [-0.2, 0) is 17.6 Å². The third kappa shape index (κ3) is 6.92. The molecule has 0 saturated heterocycles. The molecule has 2 aromatic carbocycles. The standard InChI is InChI=1S/C27H34N2O5/c1-4-29(5-2)14-15-33-24-11-8-20(9-12-24)7-10-21(26(30)28-32)17-23-18-22-16-19(3)6-13-25(22)34-27(23)31/h6,8-9,11-13,16,18,21,32H,4-5,7,10,14-15,17H2,1-3H3,(H,28,30). The van der Waals surface area contributed by atoms with Crippen LogP contribution in [0, 0.1) is 12.8 Å². The van der Waals surface area contributed by atoms with Crippen LogP contribution in [0.5, 0.6) is 5.75 Å². The zero-order valence-electron chi connectivity index (χ0n) is 20.2. The topological polar surface area (TPSA) is 92.0 Å². The van der Waals surface area contributed by atoms with Crippen molar-refractivity contribution < 1.29 is 19.2 Å². The van der Waals surface area contributed by atoms with Gasteiger partial charge in [0.05, 0.1) is 0 Å². The molecule has 34 heavy (non-hydrogen) atoms. The first-order chi connectivity index (χ1) is 16.4. The van der Waals surface area contributed by atoms with E-state index in [2.05, 4.69) is 18.7 Å². The molecule has 0 aliphatic rings. The highest BCUT2D eigenvalue weighted by molar-refractivity contribution is 5.79. The molecule has 0 radical (unpaired) electrons. The summed E-state index contributed by atoms with van der Waals surface area (Å²) in [5, 5.41) is 10.0. The molecule has 3 aromatic rings. The fourth-order valence-corrected chi connectivity index (χ4v) is 4.04. The van der Waals surface area contributed by atoms with Gasteiger partial charge in [0.15, 0.2) is 0 Å². The number of amides is 1. The molecule has 0 saturated carbocycles. The molecule has 7 nitrogen and oxygen atoms in total. The molecule has 0 aliphatic heterocycles. The van der Waals surface area contributed by atoms with Gasteiger partial charge in [-0.3, -0.25) is 10.0 Å². The van der Waals surface area contributed by atoms with E-state index < -0.39 is 17.5 Å². The Labute approximate surface area is 200 Å². The fraction of sp³-hybridized carbons (Fsp3) is 0.407. The van der Waals surface area contributed by atoms with Gasteiger partial charge in [0.1, 0.15) is 17.9 Å². The second-order valence-corrected chi connectivity index (χ2v) is 8.54. The number of benzene rings is 2. The number of carbonyl (C=O) groups excluding carboxylic acids is 1. The summed E-state index contributed by atoms with van der Waals surface area (Å²) >= 11 is 0. The van der Waals surface area contributed by atoms with Gasteiger partial charge in [-0.25, -0.2) is 10.3 Å². The van der Waals surface area contributed by atoms with Crippen molar-refractivity contribution in [2.24, 2.45) is 5.92 Å². The van der Waals surface area contributed by atoms with Crippen LogP contribution in [0.25, 0.3) is 11.0 Å². The van der Waals surface area contributed by atoms with Crippen LogP contribution in [0.2, 0.25) is 0 Å². The Morgan fingerprint density at radius 2 is 1.85 bits per heavy atom. The van der Waals surface area contributed by atoms with Gasteiger partial charge < -0.3 is 14.1 Å². The molecule has 1 amide bonds. The molecular formula is C27H34N2O5. The first kappa shape index (κ1) is 25.5. The van der Waals surface area contributed by atoms with Crippen molar-refractivity contribution in [3.05, 3.63) is 75.6 Å². The summed E-state index contributed by atoms with van der Waals surface area (Å²) in [6.07, 6.45) is 1.28. The van der Waals surface area contributed by atoms with Crippen LogP contribution >= 0.6 is 0 Å². The summed E-state index contributed by atoms with van der Waals surface area (Å²) in [4.78, 5) is 27.1. The maximum Gasteiger partial charge on any atom is 0.339 e. The molecule has 7 heteroatoms. The molecule has 1 aromatic heterocycles. The minimum atomic E-state index is -0.569. The zero-order chi connectivity index (χ0) is 24.5. The molecule has 3 rings (SSSR count). The number of carbonyl (C=O) groups is 1. The van der Waals surface area contributed by atoms with Crippen LogP contribution in [-0.4, -0.2) is 42.3 Å². The maximum atomic E-state index is 12.5. The molecule has 0 fully saturated rings. The number of hydrogen-bond donors (Lipinski definition) is 2. The Balaban J connectivity index is 1.63. The molecular weight excluding hydrogens is 432 g/mol. The number of fused-ring (bicyclic) bond motifs is 1. The molecule has 0 spiro atoms. The maximum absolute atomic E-state index is 12.5. The Hall–Kier alpha value is -3.16. The number of ether oxygens (including phenoxy) is 1. The summed E-state index contributed by atoms with van der Waals surface area (Å²) < 4.78 is 11.3. The second-order valence-electron chi connectivity index (χ2n) is 8.54. The summed E-state index contributed by atoms with van der Waals surface area (Å²) in [6, 6.07) is 15.2. The number of hydroxylamine groups is 1. The number of aryl methyl sites for hydroxylation is 2. The van der Waals surface area contributed by atoms with Gasteiger partial charge in [-0.05, 0) is 75.2 Å². The van der Waals surface area contributed by atoms with Gasteiger partial charge >= 0.3 is 5.63 Å². The molecule has 2 N–H and O–H groups in total. The number of nitrogens with one attached hydrogen (secondary N) is 1. The van der Waals surface area contributed by atoms with E-state index in [1.165, 1.54) is 0 Å². The van der Waals surface area contributed by atoms with Crippen LogP contribution in [0.4, 0.5) is 0 Å². The van der Waals surface area contributed by atoms with E-state index in [9.17, 15) is 14.8 Å². The number of hydrogen-bond acceptors (Lipinski definition) is 6. The van der Waals surface area contributed by atoms with Crippen LogP contribution in [0.1, 0.15) is 37.0 Å². The summed E-state index contributed by atoms with van der Waals surface area (Å²) in [5.74, 6) is -0.273. The van der Waals surface area contributed by atoms with Crippen LogP contribution in [0.3, 0.4) is 0 Å². The minimum absolute atomic E-state index is 0.186. The Kier molecular flexibility index (Phi) is 9.24. The predicted octanol–water partition coefficient (Wildman–Crippen LogP) is 4.12. The lowest BCUT2D eigenvalue weighted by molar-refractivity contribution is -0.133. The zero-order valence-corrected chi connectivity index (χ0v) is 20.2. The van der Waals surface area contributed by atoms with Crippen molar-refractivity contribution in [2.45, 2.75) is 40.0 Å². The first-order valence-corrected chi connectivity index (χ1v) is 11.8. The molecule has 182 valence electrons. The van der Waals surface area contributed by atoms with E-state index >= 15 is 0 Å². The summed E-state index contributed by atoms with van der Waals surface area (Å²) in [5.41, 5.74) is 4.32. The Morgan fingerprint density at radius 3 is 2.53 bits per heavy atom. The Morgan fingerprint density at radius 1 is 1.12 bits per heavy atom. The number of nitrogens with zero attached hydrogens (tertiary/aromatic N) is 1. The van der Waals surface area contributed by atoms with E-state index in [0.717, 1.165) is 41.9 Å². The summed E-state index contributed by atoms with van der Waals surface area (Å²) in [6.45, 7) is 9.76. The Bertz CT molecular complexity index is 1140. The molecule has 1 atom stereocenters. The van der Waals surface area contributed by atoms with Crippen molar-refractivity contribution >= 4 is 16.9 Å². The second kappa shape index (κ2) is 12.3. The quantitative estimate of drug-likeness (QED) is 0.237. The first-order valence-electron chi connectivity index (χ1n) is 11.8. The van der Waals surface area contributed by atoms with Gasteiger partial charge in [0.2, 0.25) is 5.91 Å². The van der Waals surface area contributed by atoms with Gasteiger partial charge in [0.25, 0.3) is 0 Å². The third-order valence-electron chi connectivity index (χ3n) is 6.18. The highest BCUT2D eigenvalue weighted by atomic mass is 16.5. The lowest BCUT2D eigenvalue weighted by Crippen LogP contribution is -2.31. The summed E-state index contributed by atoms with van der Waals surface area (Å²) in [7, 11) is 0. The molecule has 0 bridgehead atoms. The lowest BCUT2D eigenvalue weighted by Gasteiger charge is -2.18. The van der Waals surface area contributed by atoms with Gasteiger partial charge in [0, 0.05) is 23.4 Å². The van der Waals surface area contributed by atoms with E-state index in [1.54, 1.807) is 17.6 Å². The van der Waals surface area contributed by atoms with Crippen molar-refractivity contribution in [1.82, 2.24) is 10.4 Å². The van der Waals surface area contributed by atoms with Gasteiger partial charge in [-0.15, -0.1) is 0 Å². The van der Waals surface area contributed by atoms with Crippen molar-refractivity contribution in [3.63, 3.8) is 0 Å². The largest absolute Gasteiger partial charge is 0.492 e. The van der Waals surface area contributed by atoms with E-state index in [-0.39, 0.29) is 6.42 Å². The lowest BCUT2D eigenvalue weighted by atomic mass is 9.92. The normalized spacial score (nSPS) is 12.1. The van der Waals surface area contributed by atoms with Gasteiger partial charge in [-0.2, -0.15) is 0 Å². The van der Waals surface area contributed by atoms with Gasteiger partial charge in [-0.1, -0.05) is 37.6 Å². The highest BCUT2D eigenvalue weighted by Gasteiger charge is 2.21. The average Bonchev–Trinajstić information content (AvgIpc) is 2.85. The third-order valence-corrected chi connectivity index (χ3v) is 6.18. The van der Waals surface area contributed by atoms with E-state index in [1.807, 2.05) is 43.3 Å². The molecule has 1 unspecified atom stereocenters. The highest BCUT2D eigenvalue weighted by Crippen LogP contribution is 2.20. The van der Waals surface area contributed by atoms with Crippen molar-refractivity contribution in [2.75, 3.05) is 26.2 Å². The van der Waals surface area contributed by atoms with E-state index in [4.69, 9.17) is 9.15 Å². The smallest absolute Gasteiger partial charge is 0.339 e. The monoisotopic (exact) mass is 466 g/mol. The van der Waals surface area contributed by atoms with Crippen molar-refractivity contribution in [1.29, 1.82) is 0 Å². The molecule has 0 aliphatic carbocycles.